The Hall–Kier alpha value is -2.97. The Bertz CT molecular complexity index is 1150. The molecule has 1 amide bonds. The van der Waals surface area contributed by atoms with Crippen molar-refractivity contribution in [3.63, 3.8) is 0 Å². The maximum atomic E-state index is 13.7. The highest BCUT2D eigenvalue weighted by atomic mass is 32.2. The largest absolute Gasteiger partial charge is 0.573 e. The van der Waals surface area contributed by atoms with E-state index in [-0.39, 0.29) is 19.4 Å². The van der Waals surface area contributed by atoms with Crippen molar-refractivity contribution in [1.29, 1.82) is 0 Å². The highest BCUT2D eigenvalue weighted by Crippen LogP contribution is 2.32. The molecule has 1 fully saturated rings. The summed E-state index contributed by atoms with van der Waals surface area (Å²) in [4.78, 5) is 20.2. The minimum atomic E-state index is -5.10. The Morgan fingerprint density at radius 2 is 1.91 bits per heavy atom. The molecule has 3 rings (SSSR count). The van der Waals surface area contributed by atoms with Gasteiger partial charge in [-0.2, -0.15) is 0 Å². The second-order valence-electron chi connectivity index (χ2n) is 7.82. The van der Waals surface area contributed by atoms with E-state index in [0.717, 1.165) is 18.3 Å². The number of nitrogens with one attached hydrogen (secondary N) is 1. The number of carbonyl (C=O) groups is 1. The van der Waals surface area contributed by atoms with Crippen LogP contribution in [0, 0.1) is 5.82 Å². The van der Waals surface area contributed by atoms with Crippen LogP contribution >= 0.6 is 0 Å². The number of anilines is 1. The van der Waals surface area contributed by atoms with Crippen LogP contribution in [-0.4, -0.2) is 80.5 Å². The first-order chi connectivity index (χ1) is 16.5. The number of aromatic nitrogens is 1. The minimum Gasteiger partial charge on any atom is -0.404 e. The molecule has 0 aliphatic carbocycles. The SMILES string of the molecule is NCCS(=O)(=O)Nc1ccc(C(=O)N2CCN(CCc3ccncc3F)CC2)cc1OC(F)(F)F.[HH]. The van der Waals surface area contributed by atoms with Gasteiger partial charge in [0.2, 0.25) is 10.0 Å². The van der Waals surface area contributed by atoms with Crippen molar-refractivity contribution in [3.05, 3.63) is 53.6 Å². The van der Waals surface area contributed by atoms with E-state index in [4.69, 9.17) is 5.73 Å². The third-order valence-electron chi connectivity index (χ3n) is 5.32. The zero-order chi connectivity index (χ0) is 25.6. The molecule has 0 bridgehead atoms. The van der Waals surface area contributed by atoms with Crippen molar-refractivity contribution in [2.24, 2.45) is 5.73 Å². The molecule has 0 atom stereocenters. The maximum absolute atomic E-state index is 13.7. The lowest BCUT2D eigenvalue weighted by atomic mass is 10.1. The van der Waals surface area contributed by atoms with Gasteiger partial charge in [-0.1, -0.05) is 0 Å². The van der Waals surface area contributed by atoms with Gasteiger partial charge in [0.05, 0.1) is 17.6 Å². The highest BCUT2D eigenvalue weighted by Gasteiger charge is 2.33. The number of hydrogen-bond acceptors (Lipinski definition) is 7. The number of ether oxygens (including phenoxy) is 1. The summed E-state index contributed by atoms with van der Waals surface area (Å²) in [5.74, 6) is -2.25. The fourth-order valence-corrected chi connectivity index (χ4v) is 4.48. The summed E-state index contributed by atoms with van der Waals surface area (Å²) in [6, 6.07) is 4.73. The summed E-state index contributed by atoms with van der Waals surface area (Å²) in [5.41, 5.74) is 5.21. The van der Waals surface area contributed by atoms with E-state index in [2.05, 4.69) is 14.6 Å². The Balaban J connectivity index is 0.00000456. The lowest BCUT2D eigenvalue weighted by Crippen LogP contribution is -2.49. The van der Waals surface area contributed by atoms with Gasteiger partial charge >= 0.3 is 6.36 Å². The van der Waals surface area contributed by atoms with Crippen molar-refractivity contribution >= 4 is 21.6 Å². The van der Waals surface area contributed by atoms with Crippen LogP contribution in [0.15, 0.2) is 36.7 Å². The molecule has 35 heavy (non-hydrogen) atoms. The summed E-state index contributed by atoms with van der Waals surface area (Å²) in [6.07, 6.45) is -1.96. The van der Waals surface area contributed by atoms with Crippen LogP contribution in [0.1, 0.15) is 17.3 Å². The molecule has 14 heteroatoms. The van der Waals surface area contributed by atoms with E-state index in [1.165, 1.54) is 17.2 Å². The number of piperazine rings is 1. The number of rotatable bonds is 9. The predicted molar refractivity (Wildman–Crippen MR) is 122 cm³/mol. The molecule has 1 aliphatic heterocycles. The number of sulfonamides is 1. The van der Waals surface area contributed by atoms with Crippen molar-refractivity contribution < 1.29 is 36.9 Å². The van der Waals surface area contributed by atoms with Crippen molar-refractivity contribution in [2.45, 2.75) is 12.8 Å². The molecular weight excluding hydrogens is 494 g/mol. The number of carbonyl (C=O) groups excluding carboxylic acids is 1. The number of alkyl halides is 3. The van der Waals surface area contributed by atoms with Gasteiger partial charge in [0.1, 0.15) is 5.82 Å². The quantitative estimate of drug-likeness (QED) is 0.485. The van der Waals surface area contributed by atoms with Crippen molar-refractivity contribution in [3.8, 4) is 5.75 Å². The van der Waals surface area contributed by atoms with Crippen LogP contribution in [0.4, 0.5) is 23.2 Å². The van der Waals surface area contributed by atoms with E-state index in [1.807, 2.05) is 4.72 Å². The third-order valence-corrected chi connectivity index (χ3v) is 6.62. The number of nitrogens with two attached hydrogens (primary N) is 1. The summed E-state index contributed by atoms with van der Waals surface area (Å²) >= 11 is 0. The fraction of sp³-hybridized carbons (Fsp3) is 0.429. The Morgan fingerprint density at radius 1 is 1.20 bits per heavy atom. The van der Waals surface area contributed by atoms with Gasteiger partial charge in [0, 0.05) is 52.5 Å². The topological polar surface area (TPSA) is 118 Å². The zero-order valence-electron chi connectivity index (χ0n) is 18.6. The lowest BCUT2D eigenvalue weighted by Gasteiger charge is -2.35. The molecule has 1 saturated heterocycles. The monoisotopic (exact) mass is 521 g/mol. The summed E-state index contributed by atoms with van der Waals surface area (Å²) in [6.45, 7) is 1.98. The molecule has 1 aromatic heterocycles. The first-order valence-corrected chi connectivity index (χ1v) is 12.3. The molecule has 0 saturated carbocycles. The van der Waals surface area contributed by atoms with E-state index in [0.29, 0.717) is 44.7 Å². The first kappa shape index (κ1) is 26.6. The van der Waals surface area contributed by atoms with Crippen LogP contribution in [0.3, 0.4) is 0 Å². The summed E-state index contributed by atoms with van der Waals surface area (Å²) in [5, 5.41) is 0. The summed E-state index contributed by atoms with van der Waals surface area (Å²) in [7, 11) is -4.00. The normalized spacial score (nSPS) is 15.2. The summed E-state index contributed by atoms with van der Waals surface area (Å²) < 4.78 is 82.3. The molecule has 9 nitrogen and oxygen atoms in total. The van der Waals surface area contributed by atoms with Gasteiger partial charge in [-0.05, 0) is 36.2 Å². The van der Waals surface area contributed by atoms with E-state index < -0.39 is 39.5 Å². The number of benzene rings is 1. The van der Waals surface area contributed by atoms with E-state index in [1.54, 1.807) is 6.07 Å². The van der Waals surface area contributed by atoms with Gasteiger partial charge in [-0.15, -0.1) is 13.2 Å². The van der Waals surface area contributed by atoms with Gasteiger partial charge in [-0.25, -0.2) is 12.8 Å². The van der Waals surface area contributed by atoms with E-state index in [9.17, 15) is 30.8 Å². The van der Waals surface area contributed by atoms with Gasteiger partial charge in [0.15, 0.2) is 5.75 Å². The Labute approximate surface area is 201 Å². The number of halogens is 4. The van der Waals surface area contributed by atoms with Crippen LogP contribution in [0.2, 0.25) is 0 Å². The minimum absolute atomic E-state index is 0. The zero-order valence-corrected chi connectivity index (χ0v) is 19.4. The second kappa shape index (κ2) is 11.2. The first-order valence-electron chi connectivity index (χ1n) is 10.7. The van der Waals surface area contributed by atoms with E-state index >= 15 is 0 Å². The van der Waals surface area contributed by atoms with Crippen LogP contribution < -0.4 is 15.2 Å². The molecule has 0 spiro atoms. The van der Waals surface area contributed by atoms with Gasteiger partial charge in [-0.3, -0.25) is 19.4 Å². The van der Waals surface area contributed by atoms with Crippen LogP contribution in [0.25, 0.3) is 0 Å². The van der Waals surface area contributed by atoms with Crippen molar-refractivity contribution in [2.75, 3.05) is 49.7 Å². The molecular formula is C21H27F4N5O4S. The molecule has 194 valence electrons. The third kappa shape index (κ3) is 7.77. The van der Waals surface area contributed by atoms with Gasteiger partial charge < -0.3 is 15.4 Å². The molecule has 0 unspecified atom stereocenters. The van der Waals surface area contributed by atoms with Crippen molar-refractivity contribution in [1.82, 2.24) is 14.8 Å². The number of amides is 1. The highest BCUT2D eigenvalue weighted by molar-refractivity contribution is 7.92. The maximum Gasteiger partial charge on any atom is 0.573 e. The number of hydrogen-bond donors (Lipinski definition) is 2. The van der Waals surface area contributed by atoms with Crippen LogP contribution in [0.5, 0.6) is 5.75 Å². The average Bonchev–Trinajstić information content (AvgIpc) is 2.78. The fourth-order valence-electron chi connectivity index (χ4n) is 3.56. The predicted octanol–water partition coefficient (Wildman–Crippen LogP) is 2.07. The second-order valence-corrected chi connectivity index (χ2v) is 9.66. The molecule has 2 aromatic rings. The smallest absolute Gasteiger partial charge is 0.404 e. The Kier molecular flexibility index (Phi) is 8.51. The number of nitrogens with zero attached hydrogens (tertiary/aromatic N) is 3. The Morgan fingerprint density at radius 3 is 2.54 bits per heavy atom. The molecule has 1 aliphatic rings. The number of pyridine rings is 1. The average molecular weight is 522 g/mol. The molecule has 2 heterocycles. The van der Waals surface area contributed by atoms with Crippen LogP contribution in [-0.2, 0) is 16.4 Å². The standard InChI is InChI=1S/C21H25F4N5O4S.H2/c22-17-14-27-6-3-15(17)4-7-29-8-10-30(11-9-29)20(31)16-1-2-18(28-35(32,33)12-5-26)19(13-16)34-21(23,24)25;/h1-3,6,13-14,28H,4-5,7-12,26H2;1H. The molecule has 0 radical (unpaired) electrons. The lowest BCUT2D eigenvalue weighted by molar-refractivity contribution is -0.274. The molecule has 3 N–H and O–H groups in total. The molecule has 1 aromatic carbocycles. The van der Waals surface area contributed by atoms with Gasteiger partial charge in [0.25, 0.3) is 5.91 Å².